The van der Waals surface area contributed by atoms with Crippen LogP contribution in [0.1, 0.15) is 38.8 Å². The fourth-order valence-corrected chi connectivity index (χ4v) is 2.12. The molecule has 0 aliphatic rings. The van der Waals surface area contributed by atoms with Crippen molar-refractivity contribution in [3.8, 4) is 5.75 Å². The normalized spacial score (nSPS) is 12.2. The van der Waals surface area contributed by atoms with Crippen LogP contribution >= 0.6 is 0 Å². The number of aryl methyl sites for hydroxylation is 1. The van der Waals surface area contributed by atoms with Gasteiger partial charge in [-0.1, -0.05) is 12.1 Å². The zero-order valence-corrected chi connectivity index (χ0v) is 15.4. The van der Waals surface area contributed by atoms with E-state index in [4.69, 9.17) is 4.74 Å². The highest BCUT2D eigenvalue weighted by Gasteiger charge is 2.08. The van der Waals surface area contributed by atoms with Gasteiger partial charge in [-0.25, -0.2) is 0 Å². The zero-order chi connectivity index (χ0) is 17.3. The summed E-state index contributed by atoms with van der Waals surface area (Å²) in [6.45, 7) is 13.6. The summed E-state index contributed by atoms with van der Waals surface area (Å²) in [6, 6.07) is 6.27. The standard InChI is InChI=1S/C18H32N4O/c1-7-23-16-12-14(2)8-9-15(16)13-21-17(19-6)20-10-11-22-18(3,4)5/h8-9,12,22H,7,10-11,13H2,1-6H3,(H2,19,20,21). The Morgan fingerprint density at radius 2 is 1.91 bits per heavy atom. The van der Waals surface area contributed by atoms with Crippen LogP contribution in [0.3, 0.4) is 0 Å². The van der Waals surface area contributed by atoms with Gasteiger partial charge >= 0.3 is 0 Å². The summed E-state index contributed by atoms with van der Waals surface area (Å²) < 4.78 is 5.71. The maximum absolute atomic E-state index is 5.71. The van der Waals surface area contributed by atoms with Gasteiger partial charge < -0.3 is 20.7 Å². The molecule has 23 heavy (non-hydrogen) atoms. The Bertz CT molecular complexity index is 506. The predicted molar refractivity (Wildman–Crippen MR) is 98.3 cm³/mol. The van der Waals surface area contributed by atoms with Gasteiger partial charge in [-0.15, -0.1) is 0 Å². The molecule has 1 aromatic carbocycles. The van der Waals surface area contributed by atoms with Crippen molar-refractivity contribution < 1.29 is 4.74 Å². The molecule has 130 valence electrons. The number of guanidine groups is 1. The molecule has 0 aliphatic heterocycles. The average Bonchev–Trinajstić information content (AvgIpc) is 2.47. The minimum atomic E-state index is 0.132. The third-order valence-corrected chi connectivity index (χ3v) is 3.27. The molecule has 0 bridgehead atoms. The number of nitrogens with zero attached hydrogens (tertiary/aromatic N) is 1. The van der Waals surface area contributed by atoms with Gasteiger partial charge in [0.25, 0.3) is 0 Å². The van der Waals surface area contributed by atoms with Gasteiger partial charge in [0, 0.05) is 37.8 Å². The summed E-state index contributed by atoms with van der Waals surface area (Å²) in [6.07, 6.45) is 0. The smallest absolute Gasteiger partial charge is 0.191 e. The van der Waals surface area contributed by atoms with Gasteiger partial charge in [-0.05, 0) is 46.2 Å². The molecule has 0 radical (unpaired) electrons. The molecule has 0 fully saturated rings. The summed E-state index contributed by atoms with van der Waals surface area (Å²) in [5.74, 6) is 1.73. The third kappa shape index (κ3) is 7.88. The Hall–Kier alpha value is -1.75. The Labute approximate surface area is 140 Å². The van der Waals surface area contributed by atoms with Crippen LogP contribution in [0.4, 0.5) is 0 Å². The highest BCUT2D eigenvalue weighted by atomic mass is 16.5. The second-order valence-electron chi connectivity index (χ2n) is 6.57. The van der Waals surface area contributed by atoms with E-state index in [1.807, 2.05) is 6.92 Å². The molecule has 0 saturated heterocycles. The van der Waals surface area contributed by atoms with Crippen molar-refractivity contribution in [1.29, 1.82) is 0 Å². The SMILES string of the molecule is CCOc1cc(C)ccc1CNC(=NC)NCCNC(C)(C)C. The fraction of sp³-hybridized carbons (Fsp3) is 0.611. The molecule has 0 spiro atoms. The summed E-state index contributed by atoms with van der Waals surface area (Å²) >= 11 is 0. The maximum Gasteiger partial charge on any atom is 0.191 e. The van der Waals surface area contributed by atoms with Crippen LogP contribution in [0.5, 0.6) is 5.75 Å². The fourth-order valence-electron chi connectivity index (χ4n) is 2.12. The monoisotopic (exact) mass is 320 g/mol. The number of nitrogens with one attached hydrogen (secondary N) is 3. The number of benzene rings is 1. The lowest BCUT2D eigenvalue weighted by Crippen LogP contribution is -2.44. The van der Waals surface area contributed by atoms with E-state index >= 15 is 0 Å². The van der Waals surface area contributed by atoms with E-state index in [-0.39, 0.29) is 5.54 Å². The van der Waals surface area contributed by atoms with Crippen LogP contribution in [0.25, 0.3) is 0 Å². The molecule has 0 aromatic heterocycles. The molecule has 0 atom stereocenters. The van der Waals surface area contributed by atoms with Gasteiger partial charge in [-0.2, -0.15) is 0 Å². The Kier molecular flexibility index (Phi) is 7.89. The zero-order valence-electron chi connectivity index (χ0n) is 15.4. The van der Waals surface area contributed by atoms with E-state index < -0.39 is 0 Å². The van der Waals surface area contributed by atoms with Gasteiger partial charge in [0.1, 0.15) is 5.75 Å². The minimum absolute atomic E-state index is 0.132. The molecule has 1 rings (SSSR count). The Morgan fingerprint density at radius 1 is 1.17 bits per heavy atom. The number of hydrogen-bond acceptors (Lipinski definition) is 3. The van der Waals surface area contributed by atoms with Crippen molar-refractivity contribution in [3.05, 3.63) is 29.3 Å². The molecule has 0 heterocycles. The highest BCUT2D eigenvalue weighted by molar-refractivity contribution is 5.79. The van der Waals surface area contributed by atoms with Crippen molar-refractivity contribution in [2.75, 3.05) is 26.7 Å². The molecule has 0 unspecified atom stereocenters. The quantitative estimate of drug-likeness (QED) is 0.410. The van der Waals surface area contributed by atoms with Crippen LogP contribution < -0.4 is 20.7 Å². The van der Waals surface area contributed by atoms with E-state index in [9.17, 15) is 0 Å². The summed E-state index contributed by atoms with van der Waals surface area (Å²) in [5, 5.41) is 10.1. The second kappa shape index (κ2) is 9.40. The van der Waals surface area contributed by atoms with Crippen molar-refractivity contribution in [3.63, 3.8) is 0 Å². The lowest BCUT2D eigenvalue weighted by molar-refractivity contribution is 0.336. The maximum atomic E-state index is 5.71. The number of rotatable bonds is 7. The van der Waals surface area contributed by atoms with Crippen molar-refractivity contribution in [2.24, 2.45) is 4.99 Å². The first-order valence-electron chi connectivity index (χ1n) is 8.27. The first-order chi connectivity index (χ1) is 10.9. The van der Waals surface area contributed by atoms with Gasteiger partial charge in [0.2, 0.25) is 0 Å². The van der Waals surface area contributed by atoms with E-state index in [2.05, 4.69) is 66.8 Å². The van der Waals surface area contributed by atoms with Crippen LogP contribution in [-0.4, -0.2) is 38.2 Å². The van der Waals surface area contributed by atoms with Gasteiger partial charge in [0.15, 0.2) is 5.96 Å². The van der Waals surface area contributed by atoms with Crippen molar-refractivity contribution in [1.82, 2.24) is 16.0 Å². The van der Waals surface area contributed by atoms with E-state index in [1.54, 1.807) is 7.05 Å². The second-order valence-corrected chi connectivity index (χ2v) is 6.57. The number of aliphatic imine (C=N–C) groups is 1. The molecule has 1 aromatic rings. The largest absolute Gasteiger partial charge is 0.494 e. The molecular formula is C18H32N4O. The third-order valence-electron chi connectivity index (χ3n) is 3.27. The lowest BCUT2D eigenvalue weighted by atomic mass is 10.1. The van der Waals surface area contributed by atoms with Gasteiger partial charge in [-0.3, -0.25) is 4.99 Å². The number of ether oxygens (including phenoxy) is 1. The first-order valence-corrected chi connectivity index (χ1v) is 8.27. The molecule has 5 heteroatoms. The molecule has 5 nitrogen and oxygen atoms in total. The average molecular weight is 320 g/mol. The van der Waals surface area contributed by atoms with Crippen molar-refractivity contribution >= 4 is 5.96 Å². The highest BCUT2D eigenvalue weighted by Crippen LogP contribution is 2.20. The van der Waals surface area contributed by atoms with E-state index in [0.717, 1.165) is 30.4 Å². The Balaban J connectivity index is 2.49. The number of hydrogen-bond donors (Lipinski definition) is 3. The molecule has 0 saturated carbocycles. The summed E-state index contributed by atoms with van der Waals surface area (Å²) in [5.41, 5.74) is 2.47. The predicted octanol–water partition coefficient (Wildman–Crippen LogP) is 2.45. The topological polar surface area (TPSA) is 57.7 Å². The van der Waals surface area contributed by atoms with E-state index in [0.29, 0.717) is 13.2 Å². The van der Waals surface area contributed by atoms with Crippen LogP contribution in [0, 0.1) is 6.92 Å². The first kappa shape index (κ1) is 19.3. The molecular weight excluding hydrogens is 288 g/mol. The van der Waals surface area contributed by atoms with Crippen LogP contribution in [0.15, 0.2) is 23.2 Å². The molecule has 3 N–H and O–H groups in total. The molecule has 0 aliphatic carbocycles. The minimum Gasteiger partial charge on any atom is -0.494 e. The van der Waals surface area contributed by atoms with Gasteiger partial charge in [0.05, 0.1) is 6.61 Å². The lowest BCUT2D eigenvalue weighted by Gasteiger charge is -2.21. The van der Waals surface area contributed by atoms with E-state index in [1.165, 1.54) is 5.56 Å². The Morgan fingerprint density at radius 3 is 2.52 bits per heavy atom. The molecule has 0 amide bonds. The van der Waals surface area contributed by atoms with Crippen LogP contribution in [0.2, 0.25) is 0 Å². The summed E-state index contributed by atoms with van der Waals surface area (Å²) in [4.78, 5) is 4.26. The van der Waals surface area contributed by atoms with Crippen LogP contribution in [-0.2, 0) is 6.54 Å². The van der Waals surface area contributed by atoms with Crippen molar-refractivity contribution in [2.45, 2.75) is 46.7 Å². The summed E-state index contributed by atoms with van der Waals surface area (Å²) in [7, 11) is 1.78.